The van der Waals surface area contributed by atoms with Crippen molar-refractivity contribution in [3.8, 4) is 0 Å². The van der Waals surface area contributed by atoms with Gasteiger partial charge in [0.1, 0.15) is 0 Å². The molecule has 4 heteroatoms. The fraction of sp³-hybridized carbons (Fsp3) is 0.217. The highest BCUT2D eigenvalue weighted by Gasteiger charge is 2.30. The summed E-state index contributed by atoms with van der Waals surface area (Å²) in [7, 11) is 0. The van der Waals surface area contributed by atoms with Crippen LogP contribution < -0.4 is 0 Å². The van der Waals surface area contributed by atoms with Crippen LogP contribution in [-0.4, -0.2) is 26.4 Å². The molecule has 0 saturated heterocycles. The smallest absolute Gasteiger partial charge is 0.0925 e. The molecule has 1 aliphatic rings. The minimum Gasteiger partial charge on any atom is -0.348 e. The van der Waals surface area contributed by atoms with Crippen molar-refractivity contribution in [2.45, 2.75) is 25.4 Å². The second-order valence-corrected chi connectivity index (χ2v) is 7.18. The van der Waals surface area contributed by atoms with Crippen molar-refractivity contribution in [3.05, 3.63) is 95.7 Å². The lowest BCUT2D eigenvalue weighted by Gasteiger charge is -2.35. The lowest BCUT2D eigenvalue weighted by atomic mass is 9.95. The molecule has 27 heavy (non-hydrogen) atoms. The molecule has 1 N–H and O–H groups in total. The number of pyridine rings is 1. The molecule has 4 nitrogen and oxygen atoms in total. The van der Waals surface area contributed by atoms with Crippen LogP contribution in [0.3, 0.4) is 0 Å². The molecule has 2 aromatic carbocycles. The summed E-state index contributed by atoms with van der Waals surface area (Å²) < 4.78 is 0. The zero-order valence-electron chi connectivity index (χ0n) is 15.2. The third-order valence-corrected chi connectivity index (χ3v) is 5.54. The fourth-order valence-corrected chi connectivity index (χ4v) is 4.17. The third-order valence-electron chi connectivity index (χ3n) is 5.54. The number of aromatic nitrogens is 3. The summed E-state index contributed by atoms with van der Waals surface area (Å²) in [6, 6.07) is 21.6. The van der Waals surface area contributed by atoms with E-state index in [0.29, 0.717) is 0 Å². The van der Waals surface area contributed by atoms with Crippen LogP contribution in [0.4, 0.5) is 0 Å². The summed E-state index contributed by atoms with van der Waals surface area (Å²) in [5.74, 6) is 0. The molecule has 0 radical (unpaired) electrons. The summed E-state index contributed by atoms with van der Waals surface area (Å²) >= 11 is 0. The molecule has 1 atom stereocenters. The van der Waals surface area contributed by atoms with Crippen molar-refractivity contribution in [2.24, 2.45) is 0 Å². The number of fused-ring (bicyclic) bond motifs is 2. The minimum absolute atomic E-state index is 0.286. The molecular weight excluding hydrogens is 332 g/mol. The topological polar surface area (TPSA) is 44.8 Å². The fourth-order valence-electron chi connectivity index (χ4n) is 4.17. The first-order chi connectivity index (χ1) is 13.4. The molecule has 5 rings (SSSR count). The number of H-pyrrole nitrogens is 1. The molecule has 0 amide bonds. The monoisotopic (exact) mass is 354 g/mol. The van der Waals surface area contributed by atoms with Crippen molar-refractivity contribution in [2.75, 3.05) is 6.54 Å². The molecule has 1 aliphatic heterocycles. The van der Waals surface area contributed by atoms with E-state index in [0.717, 1.165) is 31.4 Å². The van der Waals surface area contributed by atoms with Gasteiger partial charge in [-0.25, -0.2) is 4.98 Å². The average molecular weight is 354 g/mol. The van der Waals surface area contributed by atoms with Gasteiger partial charge in [0.15, 0.2) is 0 Å². The summed E-state index contributed by atoms with van der Waals surface area (Å²) in [6.07, 6.45) is 5.76. The van der Waals surface area contributed by atoms with Gasteiger partial charge in [-0.05, 0) is 29.7 Å². The first-order valence-electron chi connectivity index (χ1n) is 9.51. The van der Waals surface area contributed by atoms with Crippen LogP contribution in [0.15, 0.2) is 73.2 Å². The van der Waals surface area contributed by atoms with Crippen molar-refractivity contribution in [3.63, 3.8) is 0 Å². The Morgan fingerprint density at radius 1 is 0.963 bits per heavy atom. The molecule has 0 spiro atoms. The van der Waals surface area contributed by atoms with Crippen LogP contribution in [0.25, 0.3) is 10.9 Å². The lowest BCUT2D eigenvalue weighted by Crippen LogP contribution is -2.36. The van der Waals surface area contributed by atoms with Crippen LogP contribution in [0.2, 0.25) is 0 Å². The third kappa shape index (κ3) is 3.13. The number of rotatable bonds is 4. The molecule has 0 unspecified atom stereocenters. The average Bonchev–Trinajstić information content (AvgIpc) is 3.20. The van der Waals surface area contributed by atoms with Crippen molar-refractivity contribution in [1.29, 1.82) is 0 Å². The van der Waals surface area contributed by atoms with E-state index >= 15 is 0 Å². The Balaban J connectivity index is 1.50. The quantitative estimate of drug-likeness (QED) is 0.594. The van der Waals surface area contributed by atoms with E-state index in [1.165, 1.54) is 27.9 Å². The number of aromatic amines is 1. The number of para-hydroxylation sites is 1. The molecular formula is C23H22N4. The Morgan fingerprint density at radius 2 is 1.81 bits per heavy atom. The van der Waals surface area contributed by atoms with E-state index in [9.17, 15) is 0 Å². The summed E-state index contributed by atoms with van der Waals surface area (Å²) in [6.45, 7) is 1.94. The van der Waals surface area contributed by atoms with Crippen LogP contribution >= 0.6 is 0 Å². The van der Waals surface area contributed by atoms with Gasteiger partial charge in [-0.3, -0.25) is 9.88 Å². The van der Waals surface area contributed by atoms with E-state index in [2.05, 4.69) is 74.4 Å². The predicted molar refractivity (Wildman–Crippen MR) is 107 cm³/mol. The van der Waals surface area contributed by atoms with Crippen molar-refractivity contribution in [1.82, 2.24) is 19.9 Å². The molecule has 134 valence electrons. The molecule has 0 fully saturated rings. The highest BCUT2D eigenvalue weighted by Crippen LogP contribution is 2.32. The first-order valence-corrected chi connectivity index (χ1v) is 9.51. The SMILES string of the molecule is c1ccc(C[C@H]2c3nc[nH]c3CCN2Cc2ccnc3ccccc23)cc1. The first kappa shape index (κ1) is 16.2. The van der Waals surface area contributed by atoms with E-state index in [1.807, 2.05) is 18.6 Å². The summed E-state index contributed by atoms with van der Waals surface area (Å²) in [4.78, 5) is 15.1. The predicted octanol–water partition coefficient (Wildman–Crippen LogP) is 4.30. The number of nitrogens with zero attached hydrogens (tertiary/aromatic N) is 3. The molecule has 3 heterocycles. The van der Waals surface area contributed by atoms with Crippen molar-refractivity contribution < 1.29 is 0 Å². The normalized spacial score (nSPS) is 17.1. The van der Waals surface area contributed by atoms with Gasteiger partial charge in [0.05, 0.1) is 23.6 Å². The van der Waals surface area contributed by atoms with Gasteiger partial charge in [-0.15, -0.1) is 0 Å². The van der Waals surface area contributed by atoms with Crippen LogP contribution in [-0.2, 0) is 19.4 Å². The van der Waals surface area contributed by atoms with E-state index < -0.39 is 0 Å². The van der Waals surface area contributed by atoms with E-state index in [4.69, 9.17) is 0 Å². The second kappa shape index (κ2) is 6.97. The number of nitrogens with one attached hydrogen (secondary N) is 1. The summed E-state index contributed by atoms with van der Waals surface area (Å²) in [5.41, 5.74) is 6.22. The molecule has 2 aromatic heterocycles. The highest BCUT2D eigenvalue weighted by molar-refractivity contribution is 5.81. The number of hydrogen-bond acceptors (Lipinski definition) is 3. The molecule has 0 bridgehead atoms. The highest BCUT2D eigenvalue weighted by atomic mass is 15.2. The summed E-state index contributed by atoms with van der Waals surface area (Å²) in [5, 5.41) is 1.24. The number of hydrogen-bond donors (Lipinski definition) is 1. The number of imidazole rings is 1. The Kier molecular flexibility index (Phi) is 4.18. The Hall–Kier alpha value is -2.98. The lowest BCUT2D eigenvalue weighted by molar-refractivity contribution is 0.171. The Morgan fingerprint density at radius 3 is 2.74 bits per heavy atom. The van der Waals surface area contributed by atoms with Gasteiger partial charge in [0.25, 0.3) is 0 Å². The van der Waals surface area contributed by atoms with Crippen molar-refractivity contribution >= 4 is 10.9 Å². The second-order valence-electron chi connectivity index (χ2n) is 7.18. The Labute approximate surface area is 158 Å². The van der Waals surface area contributed by atoms with Crippen LogP contribution in [0.5, 0.6) is 0 Å². The minimum atomic E-state index is 0.286. The van der Waals surface area contributed by atoms with Gasteiger partial charge in [-0.1, -0.05) is 48.5 Å². The Bertz CT molecular complexity index is 1050. The standard InChI is InChI=1S/C23H22N4/c1-2-6-17(7-3-1)14-22-23-21(25-16-26-23)11-13-27(22)15-18-10-12-24-20-9-5-4-8-19(18)20/h1-10,12,16,22H,11,13-15H2,(H,25,26)/t22-/m0/s1. The molecule has 0 saturated carbocycles. The maximum absolute atomic E-state index is 4.68. The molecule has 0 aliphatic carbocycles. The number of benzene rings is 2. The van der Waals surface area contributed by atoms with E-state index in [-0.39, 0.29) is 6.04 Å². The van der Waals surface area contributed by atoms with E-state index in [1.54, 1.807) is 0 Å². The molecule has 4 aromatic rings. The zero-order chi connectivity index (χ0) is 18.1. The van der Waals surface area contributed by atoms with Crippen LogP contribution in [0.1, 0.15) is 28.6 Å². The maximum atomic E-state index is 4.68. The zero-order valence-corrected chi connectivity index (χ0v) is 15.2. The van der Waals surface area contributed by atoms with Gasteiger partial charge in [0.2, 0.25) is 0 Å². The van der Waals surface area contributed by atoms with Gasteiger partial charge in [-0.2, -0.15) is 0 Å². The largest absolute Gasteiger partial charge is 0.348 e. The maximum Gasteiger partial charge on any atom is 0.0925 e. The van der Waals surface area contributed by atoms with Gasteiger partial charge in [0, 0.05) is 36.8 Å². The van der Waals surface area contributed by atoms with Gasteiger partial charge < -0.3 is 4.98 Å². The van der Waals surface area contributed by atoms with Crippen LogP contribution in [0, 0.1) is 0 Å². The van der Waals surface area contributed by atoms with Gasteiger partial charge >= 0.3 is 0 Å².